The molecular weight excluding hydrogens is 632 g/mol. The van der Waals surface area contributed by atoms with Crippen LogP contribution < -0.4 is 5.32 Å². The summed E-state index contributed by atoms with van der Waals surface area (Å²) < 4.78 is 0. The molecule has 4 heterocycles. The number of hydrogen-bond acceptors (Lipinski definition) is 6. The molecule has 4 N–H and O–H groups in total. The highest BCUT2D eigenvalue weighted by molar-refractivity contribution is 5.87. The lowest BCUT2D eigenvalue weighted by molar-refractivity contribution is -0.135. The monoisotopic (exact) mass is 678 g/mol. The predicted octanol–water partition coefficient (Wildman–Crippen LogP) is 6.62. The number of aromatic nitrogens is 4. The number of H-pyrrole nitrogens is 2. The van der Waals surface area contributed by atoms with E-state index in [4.69, 9.17) is 0 Å². The Morgan fingerprint density at radius 2 is 1.32 bits per heavy atom. The highest BCUT2D eigenvalue weighted by Gasteiger charge is 2.37. The molecule has 3 atom stereocenters. The number of rotatable bonds is 11. The van der Waals surface area contributed by atoms with Gasteiger partial charge in [0.05, 0.1) is 35.9 Å². The van der Waals surface area contributed by atoms with Gasteiger partial charge >= 0.3 is 6.09 Å². The van der Waals surface area contributed by atoms with Crippen molar-refractivity contribution in [2.75, 3.05) is 19.6 Å². The van der Waals surface area contributed by atoms with Gasteiger partial charge in [0.15, 0.2) is 0 Å². The molecule has 2 aromatic carbocycles. The van der Waals surface area contributed by atoms with E-state index in [2.05, 4.69) is 66.6 Å². The van der Waals surface area contributed by atoms with Gasteiger partial charge in [-0.05, 0) is 67.2 Å². The molecule has 2 aliphatic rings. The van der Waals surface area contributed by atoms with Crippen LogP contribution >= 0.6 is 0 Å². The van der Waals surface area contributed by atoms with Crippen molar-refractivity contribution >= 4 is 23.6 Å². The van der Waals surface area contributed by atoms with Crippen LogP contribution in [0, 0.1) is 5.92 Å². The highest BCUT2D eigenvalue weighted by Crippen LogP contribution is 2.34. The molecule has 50 heavy (non-hydrogen) atoms. The number of nitrogens with one attached hydrogen (secondary N) is 3. The zero-order valence-electron chi connectivity index (χ0n) is 29.1. The standard InChI is InChI=1S/C38H46N8O4/c1-5-24(4)39-22-33(47)45-18-6-8-31(45)35-40-20-29(42-35)27-14-10-25(11-15-27)26-12-16-28(17-13-26)30-21-41-36(43-30)32-9-7-19-46(32)37(48)34(23(2)3)44-38(49)50/h10-17,20-21,23,31-32,34,44H,5-9,18-19,22H2,1-4H3,(H,40,42)(H,41,43)(H,49,50)/t31-,32-,34-/m0/s1. The smallest absolute Gasteiger partial charge is 0.405 e. The second-order valence-corrected chi connectivity index (χ2v) is 13.5. The molecule has 0 unspecified atom stereocenters. The molecule has 2 saturated heterocycles. The molecule has 0 spiro atoms. The molecule has 4 aromatic rings. The minimum atomic E-state index is -1.20. The van der Waals surface area contributed by atoms with Crippen molar-refractivity contribution in [3.8, 4) is 33.6 Å². The lowest BCUT2D eigenvalue weighted by Crippen LogP contribution is -2.50. The van der Waals surface area contributed by atoms with E-state index in [1.54, 1.807) is 11.1 Å². The third kappa shape index (κ3) is 7.49. The van der Waals surface area contributed by atoms with Crippen LogP contribution in [-0.4, -0.2) is 84.1 Å². The summed E-state index contributed by atoms with van der Waals surface area (Å²) in [6.45, 7) is 9.14. The Morgan fingerprint density at radius 1 is 0.840 bits per heavy atom. The minimum Gasteiger partial charge on any atom is -0.465 e. The molecule has 6 rings (SSSR count). The molecule has 2 aliphatic heterocycles. The quantitative estimate of drug-likeness (QED) is 0.130. The van der Waals surface area contributed by atoms with Crippen molar-refractivity contribution in [3.05, 3.63) is 72.6 Å². The second kappa shape index (κ2) is 15.1. The fraction of sp³-hybridized carbons (Fsp3) is 0.421. The van der Waals surface area contributed by atoms with Gasteiger partial charge in [-0.15, -0.1) is 0 Å². The van der Waals surface area contributed by atoms with Crippen molar-refractivity contribution in [1.82, 2.24) is 35.1 Å². The number of benzene rings is 2. The molecule has 12 nitrogen and oxygen atoms in total. The number of carbonyl (C=O) groups is 3. The first-order chi connectivity index (χ1) is 24.1. The predicted molar refractivity (Wildman–Crippen MR) is 192 cm³/mol. The summed E-state index contributed by atoms with van der Waals surface area (Å²) in [6, 6.07) is 15.5. The molecule has 262 valence electrons. The molecular formula is C38H46N8O4. The number of likely N-dealkylation sites (tertiary alicyclic amines) is 2. The van der Waals surface area contributed by atoms with Crippen molar-refractivity contribution < 1.29 is 19.5 Å². The second-order valence-electron chi connectivity index (χ2n) is 13.5. The summed E-state index contributed by atoms with van der Waals surface area (Å²) in [5, 5.41) is 11.6. The topological polar surface area (TPSA) is 160 Å². The molecule has 2 aromatic heterocycles. The van der Waals surface area contributed by atoms with Crippen LogP contribution in [0.25, 0.3) is 33.6 Å². The molecule has 2 fully saturated rings. The molecule has 0 aliphatic carbocycles. The van der Waals surface area contributed by atoms with E-state index in [1.807, 2.05) is 50.9 Å². The number of imidazole rings is 2. The van der Waals surface area contributed by atoms with Crippen LogP contribution in [0.4, 0.5) is 4.79 Å². The van der Waals surface area contributed by atoms with E-state index in [0.717, 1.165) is 83.8 Å². The van der Waals surface area contributed by atoms with E-state index in [9.17, 15) is 19.5 Å². The zero-order valence-corrected chi connectivity index (χ0v) is 29.1. The first kappa shape index (κ1) is 34.6. The van der Waals surface area contributed by atoms with Gasteiger partial charge in [-0.2, -0.15) is 0 Å². The summed E-state index contributed by atoms with van der Waals surface area (Å²) in [5.74, 6) is 1.16. The van der Waals surface area contributed by atoms with E-state index < -0.39 is 12.1 Å². The fourth-order valence-corrected chi connectivity index (χ4v) is 6.88. The summed E-state index contributed by atoms with van der Waals surface area (Å²) in [4.78, 5) is 61.8. The van der Waals surface area contributed by atoms with Crippen molar-refractivity contribution in [3.63, 3.8) is 0 Å². The van der Waals surface area contributed by atoms with Gasteiger partial charge in [0.25, 0.3) is 0 Å². The third-order valence-corrected chi connectivity index (χ3v) is 9.86. The Bertz CT molecular complexity index is 1840. The Kier molecular flexibility index (Phi) is 10.4. The van der Waals surface area contributed by atoms with Gasteiger partial charge < -0.3 is 30.2 Å². The van der Waals surface area contributed by atoms with Crippen molar-refractivity contribution in [2.45, 2.75) is 77.9 Å². The van der Waals surface area contributed by atoms with Gasteiger partial charge in [-0.3, -0.25) is 14.6 Å². The lowest BCUT2D eigenvalue weighted by Gasteiger charge is -2.29. The average molecular weight is 679 g/mol. The zero-order chi connectivity index (χ0) is 35.4. The molecule has 0 saturated carbocycles. The maximum absolute atomic E-state index is 13.3. The molecule has 0 bridgehead atoms. The van der Waals surface area contributed by atoms with E-state index in [-0.39, 0.29) is 36.4 Å². The Labute approximate surface area is 292 Å². The highest BCUT2D eigenvalue weighted by atomic mass is 16.4. The SMILES string of the molecule is CCC(C)=NCC(=O)N1CCC[C@H]1c1ncc(-c2ccc(-c3ccc(-c4cnc([C@@H]5CCCN5C(=O)[C@@H](NC(=O)O)C(C)C)[nH]4)cc3)cc2)[nH]1. The first-order valence-corrected chi connectivity index (χ1v) is 17.5. The molecule has 3 amide bonds. The minimum absolute atomic E-state index is 0.0427. The summed E-state index contributed by atoms with van der Waals surface area (Å²) in [5.41, 5.74) is 6.90. The van der Waals surface area contributed by atoms with Crippen LogP contribution in [0.5, 0.6) is 0 Å². The van der Waals surface area contributed by atoms with Crippen LogP contribution in [0.1, 0.15) is 83.5 Å². The first-order valence-electron chi connectivity index (χ1n) is 17.5. The fourth-order valence-electron chi connectivity index (χ4n) is 6.88. The van der Waals surface area contributed by atoms with E-state index in [1.165, 1.54) is 0 Å². The Hall–Kier alpha value is -5.26. The van der Waals surface area contributed by atoms with Gasteiger partial charge in [0.2, 0.25) is 11.8 Å². The van der Waals surface area contributed by atoms with Gasteiger partial charge in [-0.25, -0.2) is 14.8 Å². The van der Waals surface area contributed by atoms with Gasteiger partial charge in [0.1, 0.15) is 24.2 Å². The normalized spacial score (nSPS) is 18.5. The van der Waals surface area contributed by atoms with Crippen LogP contribution in [-0.2, 0) is 9.59 Å². The Balaban J connectivity index is 1.10. The number of carboxylic acid groups (broad SMARTS) is 1. The van der Waals surface area contributed by atoms with Gasteiger partial charge in [0, 0.05) is 18.8 Å². The van der Waals surface area contributed by atoms with Crippen LogP contribution in [0.15, 0.2) is 65.9 Å². The van der Waals surface area contributed by atoms with E-state index in [0.29, 0.717) is 12.4 Å². The van der Waals surface area contributed by atoms with Crippen LogP contribution in [0.3, 0.4) is 0 Å². The Morgan fingerprint density at radius 3 is 1.80 bits per heavy atom. The number of nitrogens with zero attached hydrogens (tertiary/aromatic N) is 5. The molecule has 12 heteroatoms. The lowest BCUT2D eigenvalue weighted by atomic mass is 10.0. The van der Waals surface area contributed by atoms with Crippen molar-refractivity contribution in [2.24, 2.45) is 10.9 Å². The number of amides is 3. The maximum Gasteiger partial charge on any atom is 0.405 e. The van der Waals surface area contributed by atoms with Crippen LogP contribution in [0.2, 0.25) is 0 Å². The summed E-state index contributed by atoms with van der Waals surface area (Å²) in [6.07, 6.45) is 6.69. The maximum atomic E-state index is 13.3. The number of aromatic amines is 2. The third-order valence-electron chi connectivity index (χ3n) is 9.86. The summed E-state index contributed by atoms with van der Waals surface area (Å²) in [7, 11) is 0. The average Bonchev–Trinajstić information content (AvgIpc) is 3.95. The van der Waals surface area contributed by atoms with Gasteiger partial charge in [-0.1, -0.05) is 69.3 Å². The number of carbonyl (C=O) groups excluding carboxylic acids is 2. The van der Waals surface area contributed by atoms with E-state index >= 15 is 0 Å². The number of hydrogen-bond donors (Lipinski definition) is 4. The van der Waals surface area contributed by atoms with Crippen molar-refractivity contribution in [1.29, 1.82) is 0 Å². The molecule has 0 radical (unpaired) electrons. The summed E-state index contributed by atoms with van der Waals surface area (Å²) >= 11 is 0. The number of aliphatic imine (C=N–C) groups is 1. The largest absolute Gasteiger partial charge is 0.465 e.